The van der Waals surface area contributed by atoms with Crippen LogP contribution in [0.2, 0.25) is 5.02 Å². The zero-order valence-electron chi connectivity index (χ0n) is 11.7. The Hall–Kier alpha value is -1.01. The fraction of sp³-hybridized carbons (Fsp3) is 0.462. The molecule has 0 saturated carbocycles. The van der Waals surface area contributed by atoms with Gasteiger partial charge in [0.05, 0.1) is 11.1 Å². The predicted octanol–water partition coefficient (Wildman–Crippen LogP) is 2.46. The van der Waals surface area contributed by atoms with Crippen LogP contribution in [0, 0.1) is 0 Å². The van der Waals surface area contributed by atoms with Crippen molar-refractivity contribution in [1.29, 1.82) is 0 Å². The van der Waals surface area contributed by atoms with Gasteiger partial charge < -0.3 is 20.5 Å². The van der Waals surface area contributed by atoms with E-state index in [-0.39, 0.29) is 31.0 Å². The summed E-state index contributed by atoms with van der Waals surface area (Å²) in [5.41, 5.74) is 5.99. The Balaban J connectivity index is 0.00000361. The predicted molar refractivity (Wildman–Crippen MR) is 82.9 cm³/mol. The summed E-state index contributed by atoms with van der Waals surface area (Å²) in [5, 5.41) is 3.12. The monoisotopic (exact) mass is 322 g/mol. The van der Waals surface area contributed by atoms with Gasteiger partial charge in [-0.3, -0.25) is 4.79 Å². The Morgan fingerprint density at radius 2 is 2.10 bits per heavy atom. The maximum absolute atomic E-state index is 11.8. The number of nitrogens with two attached hydrogens (primary N) is 1. The molecule has 1 rings (SSSR count). The Labute approximate surface area is 130 Å². The van der Waals surface area contributed by atoms with Gasteiger partial charge in [-0.05, 0) is 32.0 Å². The minimum absolute atomic E-state index is 0. The molecule has 1 aromatic rings. The molecule has 0 spiro atoms. The van der Waals surface area contributed by atoms with E-state index in [0.29, 0.717) is 16.5 Å². The molecule has 0 bridgehead atoms. The zero-order valence-corrected chi connectivity index (χ0v) is 13.3. The number of amides is 1. The molecule has 5 nitrogen and oxygen atoms in total. The van der Waals surface area contributed by atoms with Gasteiger partial charge in [0.25, 0.3) is 5.91 Å². The average molecular weight is 323 g/mol. The number of hydrogen-bond acceptors (Lipinski definition) is 4. The Kier molecular flexibility index (Phi) is 8.57. The molecule has 3 N–H and O–H groups in total. The van der Waals surface area contributed by atoms with E-state index in [2.05, 4.69) is 5.32 Å². The van der Waals surface area contributed by atoms with Crippen molar-refractivity contribution < 1.29 is 14.3 Å². The number of rotatable bonds is 6. The highest BCUT2D eigenvalue weighted by Crippen LogP contribution is 2.28. The molecule has 0 radical (unpaired) electrons. The van der Waals surface area contributed by atoms with Gasteiger partial charge in [0.15, 0.2) is 0 Å². The number of benzene rings is 1. The molecule has 1 unspecified atom stereocenters. The average Bonchev–Trinajstić information content (AvgIpc) is 2.33. The lowest BCUT2D eigenvalue weighted by Crippen LogP contribution is -2.35. The molecular weight excluding hydrogens is 303 g/mol. The first-order valence-electron chi connectivity index (χ1n) is 5.97. The molecular formula is C13H20Cl2N2O3. The van der Waals surface area contributed by atoms with Crippen molar-refractivity contribution in [3.05, 3.63) is 23.2 Å². The number of halogens is 2. The van der Waals surface area contributed by atoms with Crippen LogP contribution in [0.1, 0.15) is 13.8 Å². The minimum Gasteiger partial charge on any atom is -0.489 e. The van der Waals surface area contributed by atoms with Gasteiger partial charge in [-0.15, -0.1) is 12.4 Å². The van der Waals surface area contributed by atoms with Gasteiger partial charge in [-0.25, -0.2) is 0 Å². The number of carbonyl (C=O) groups excluding carboxylic acids is 1. The van der Waals surface area contributed by atoms with Gasteiger partial charge in [0.2, 0.25) is 0 Å². The second-order valence-electron chi connectivity index (χ2n) is 4.26. The third kappa shape index (κ3) is 5.54. The summed E-state index contributed by atoms with van der Waals surface area (Å²) >= 11 is 6.07. The van der Waals surface area contributed by atoms with Crippen LogP contribution in [0.5, 0.6) is 5.75 Å². The highest BCUT2D eigenvalue weighted by Gasteiger charge is 2.16. The lowest BCUT2D eigenvalue weighted by atomic mass is 10.2. The molecule has 0 fully saturated rings. The summed E-state index contributed by atoms with van der Waals surface area (Å²) in [7, 11) is 1.43. The molecule has 0 aliphatic rings. The lowest BCUT2D eigenvalue weighted by molar-refractivity contribution is -0.125. The minimum atomic E-state index is -0.676. The molecule has 7 heteroatoms. The summed E-state index contributed by atoms with van der Waals surface area (Å²) in [6.45, 7) is 3.94. The molecule has 0 aliphatic heterocycles. The van der Waals surface area contributed by atoms with Gasteiger partial charge in [-0.1, -0.05) is 11.6 Å². The number of ether oxygens (including phenoxy) is 2. The number of carbonyl (C=O) groups is 1. The fourth-order valence-electron chi connectivity index (χ4n) is 1.46. The van der Waals surface area contributed by atoms with E-state index < -0.39 is 6.10 Å². The van der Waals surface area contributed by atoms with Gasteiger partial charge >= 0.3 is 0 Å². The Morgan fingerprint density at radius 3 is 2.55 bits per heavy atom. The molecule has 1 atom stereocenters. The van der Waals surface area contributed by atoms with Crippen molar-refractivity contribution >= 4 is 35.6 Å². The summed E-state index contributed by atoms with van der Waals surface area (Å²) in [6, 6.07) is 5.05. The smallest absolute Gasteiger partial charge is 0.254 e. The molecule has 0 heterocycles. The van der Waals surface area contributed by atoms with Gasteiger partial charge in [-0.2, -0.15) is 0 Å². The topological polar surface area (TPSA) is 73.6 Å². The van der Waals surface area contributed by atoms with Crippen LogP contribution >= 0.6 is 24.0 Å². The number of methoxy groups -OCH3 is 1. The van der Waals surface area contributed by atoms with E-state index >= 15 is 0 Å². The largest absolute Gasteiger partial charge is 0.489 e. The summed E-state index contributed by atoms with van der Waals surface area (Å²) in [5.74, 6) is 0.273. The number of hydrogen-bond donors (Lipinski definition) is 2. The molecule has 1 aromatic carbocycles. The molecule has 0 aromatic heterocycles. The molecule has 20 heavy (non-hydrogen) atoms. The van der Waals surface area contributed by atoms with Crippen LogP contribution < -0.4 is 15.8 Å². The SMILES string of the molecule is COC(CN)C(=O)Nc1ccc(OC(C)C)c(Cl)c1.Cl. The zero-order chi connectivity index (χ0) is 14.4. The van der Waals surface area contributed by atoms with Crippen LogP contribution in [-0.2, 0) is 9.53 Å². The maximum atomic E-state index is 11.8. The summed E-state index contributed by atoms with van der Waals surface area (Å²) in [6.07, 6.45) is -0.640. The first-order chi connectivity index (χ1) is 8.97. The second-order valence-corrected chi connectivity index (χ2v) is 4.67. The van der Waals surface area contributed by atoms with E-state index in [4.69, 9.17) is 26.8 Å². The van der Waals surface area contributed by atoms with Crippen LogP contribution in [0.3, 0.4) is 0 Å². The van der Waals surface area contributed by atoms with Gasteiger partial charge in [0, 0.05) is 19.3 Å². The Morgan fingerprint density at radius 1 is 1.45 bits per heavy atom. The molecule has 114 valence electrons. The van der Waals surface area contributed by atoms with E-state index in [1.807, 2.05) is 13.8 Å². The highest BCUT2D eigenvalue weighted by molar-refractivity contribution is 6.32. The standard InChI is InChI=1S/C13H19ClN2O3.ClH/c1-8(2)19-11-5-4-9(6-10(11)14)16-13(17)12(7-15)18-3;/h4-6,8,12H,7,15H2,1-3H3,(H,16,17);1H. The van der Waals surface area contributed by atoms with E-state index in [0.717, 1.165) is 0 Å². The third-order valence-corrected chi connectivity index (χ3v) is 2.65. The van der Waals surface area contributed by atoms with Crippen molar-refractivity contribution in [2.45, 2.75) is 26.1 Å². The normalized spacial score (nSPS) is 11.7. The fourth-order valence-corrected chi connectivity index (χ4v) is 1.69. The van der Waals surface area contributed by atoms with Crippen LogP contribution in [0.4, 0.5) is 5.69 Å². The Bertz CT molecular complexity index is 438. The highest BCUT2D eigenvalue weighted by atomic mass is 35.5. The van der Waals surface area contributed by atoms with Crippen LogP contribution in [0.25, 0.3) is 0 Å². The molecule has 0 aliphatic carbocycles. The third-order valence-electron chi connectivity index (χ3n) is 2.35. The van der Waals surface area contributed by atoms with E-state index in [1.165, 1.54) is 7.11 Å². The van der Waals surface area contributed by atoms with E-state index in [1.54, 1.807) is 18.2 Å². The van der Waals surface area contributed by atoms with Gasteiger partial charge in [0.1, 0.15) is 11.9 Å². The van der Waals surface area contributed by atoms with Crippen molar-refractivity contribution in [3.63, 3.8) is 0 Å². The van der Waals surface area contributed by atoms with Crippen molar-refractivity contribution in [2.24, 2.45) is 5.73 Å². The van der Waals surface area contributed by atoms with E-state index in [9.17, 15) is 4.79 Å². The first-order valence-corrected chi connectivity index (χ1v) is 6.35. The quantitative estimate of drug-likeness (QED) is 0.843. The van der Waals surface area contributed by atoms with Crippen molar-refractivity contribution in [3.8, 4) is 5.75 Å². The summed E-state index contributed by atoms with van der Waals surface area (Å²) in [4.78, 5) is 11.8. The second kappa shape index (κ2) is 9.02. The number of nitrogens with one attached hydrogen (secondary N) is 1. The first kappa shape index (κ1) is 19.0. The summed E-state index contributed by atoms with van der Waals surface area (Å²) < 4.78 is 10.5. The van der Waals surface area contributed by atoms with Crippen molar-refractivity contribution in [2.75, 3.05) is 19.0 Å². The molecule has 1 amide bonds. The van der Waals surface area contributed by atoms with Crippen LogP contribution in [0.15, 0.2) is 18.2 Å². The van der Waals surface area contributed by atoms with Crippen molar-refractivity contribution in [1.82, 2.24) is 0 Å². The maximum Gasteiger partial charge on any atom is 0.254 e. The van der Waals surface area contributed by atoms with Crippen LogP contribution in [-0.4, -0.2) is 31.8 Å². The molecule has 0 saturated heterocycles. The number of anilines is 1. The lowest BCUT2D eigenvalue weighted by Gasteiger charge is -2.15.